The van der Waals surface area contributed by atoms with Crippen molar-refractivity contribution in [3.8, 4) is 0 Å². The molecule has 0 aliphatic carbocycles. The molecule has 0 aromatic heterocycles. The molecule has 3 rings (SSSR count). The van der Waals surface area contributed by atoms with Gasteiger partial charge in [0.15, 0.2) is 0 Å². The first kappa shape index (κ1) is 25.7. The van der Waals surface area contributed by atoms with Crippen LogP contribution in [0.15, 0.2) is 91.0 Å². The number of hydrogen-bond donors (Lipinski definition) is 2. The molecule has 2 N–H and O–H groups in total. The van der Waals surface area contributed by atoms with Gasteiger partial charge in [0.1, 0.15) is 6.61 Å². The van der Waals surface area contributed by atoms with Gasteiger partial charge in [-0.1, -0.05) is 112 Å². The number of carbonyl (C=O) groups excluding carboxylic acids is 1. The van der Waals surface area contributed by atoms with Crippen LogP contribution < -0.4 is 15.7 Å². The number of ether oxygens (including phenoxy) is 1. The van der Waals surface area contributed by atoms with Crippen LogP contribution in [0.3, 0.4) is 0 Å². The number of amides is 1. The van der Waals surface area contributed by atoms with Gasteiger partial charge in [-0.05, 0) is 27.4 Å². The van der Waals surface area contributed by atoms with Gasteiger partial charge in [-0.2, -0.15) is 0 Å². The molecule has 0 saturated carbocycles. The number of aliphatic hydroxyl groups excluding tert-OH is 1. The van der Waals surface area contributed by atoms with Gasteiger partial charge in [0.25, 0.3) is 8.32 Å². The van der Waals surface area contributed by atoms with Gasteiger partial charge < -0.3 is 19.6 Å². The summed E-state index contributed by atoms with van der Waals surface area (Å²) in [6, 6.07) is 29.9. The van der Waals surface area contributed by atoms with E-state index >= 15 is 0 Å². The molecular weight excluding hydrogens is 442 g/mol. The lowest BCUT2D eigenvalue weighted by molar-refractivity contribution is 0.126. The SMILES string of the molecule is CC(C)(C)[Si](OC[C@H](CCO)NC(=O)OCc1ccccc1)(c1ccccc1)c1ccccc1. The van der Waals surface area contributed by atoms with E-state index in [0.717, 1.165) is 5.56 Å². The highest BCUT2D eigenvalue weighted by atomic mass is 28.4. The van der Waals surface area contributed by atoms with Crippen molar-refractivity contribution >= 4 is 24.8 Å². The standard InChI is InChI=1S/C28H35NO4Si/c1-28(2,3)34(25-15-9-5-10-16-25,26-17-11-6-12-18-26)33-22-24(19-20-30)29-27(31)32-21-23-13-7-4-8-14-23/h4-18,24,30H,19-22H2,1-3H3,(H,29,31)/t24-/m0/s1. The predicted molar refractivity (Wildman–Crippen MR) is 139 cm³/mol. The minimum Gasteiger partial charge on any atom is -0.445 e. The Balaban J connectivity index is 1.81. The largest absolute Gasteiger partial charge is 0.445 e. The number of hydrogen-bond acceptors (Lipinski definition) is 4. The minimum absolute atomic E-state index is 0.0618. The van der Waals surface area contributed by atoms with E-state index in [1.54, 1.807) is 0 Å². The lowest BCUT2D eigenvalue weighted by Gasteiger charge is -2.43. The average molecular weight is 478 g/mol. The molecule has 0 spiro atoms. The zero-order valence-corrected chi connectivity index (χ0v) is 21.2. The Morgan fingerprint density at radius 3 is 1.85 bits per heavy atom. The molecule has 34 heavy (non-hydrogen) atoms. The predicted octanol–water partition coefficient (Wildman–Crippen LogP) is 4.24. The topological polar surface area (TPSA) is 67.8 Å². The second-order valence-corrected chi connectivity index (χ2v) is 13.7. The van der Waals surface area contributed by atoms with Crippen LogP contribution in [0.1, 0.15) is 32.8 Å². The Bertz CT molecular complexity index is 967. The fourth-order valence-corrected chi connectivity index (χ4v) is 8.88. The third kappa shape index (κ3) is 6.35. The first-order valence-corrected chi connectivity index (χ1v) is 13.6. The molecule has 0 fully saturated rings. The Kier molecular flexibility index (Phi) is 9.04. The van der Waals surface area contributed by atoms with Crippen molar-refractivity contribution in [3.63, 3.8) is 0 Å². The highest BCUT2D eigenvalue weighted by molar-refractivity contribution is 6.99. The second kappa shape index (κ2) is 12.0. The maximum absolute atomic E-state index is 12.5. The van der Waals surface area contributed by atoms with Gasteiger partial charge in [0.05, 0.1) is 12.6 Å². The summed E-state index contributed by atoms with van der Waals surface area (Å²) >= 11 is 0. The summed E-state index contributed by atoms with van der Waals surface area (Å²) in [5.74, 6) is 0. The third-order valence-electron chi connectivity index (χ3n) is 5.93. The number of carbonyl (C=O) groups is 1. The van der Waals surface area contributed by atoms with Crippen LogP contribution in [0.4, 0.5) is 4.79 Å². The van der Waals surface area contributed by atoms with Crippen molar-refractivity contribution in [1.29, 1.82) is 0 Å². The van der Waals surface area contributed by atoms with Crippen molar-refractivity contribution < 1.29 is 19.1 Å². The van der Waals surface area contributed by atoms with E-state index in [9.17, 15) is 9.90 Å². The smallest absolute Gasteiger partial charge is 0.407 e. The van der Waals surface area contributed by atoms with Crippen LogP contribution in [0, 0.1) is 0 Å². The van der Waals surface area contributed by atoms with Gasteiger partial charge in [0, 0.05) is 6.61 Å². The second-order valence-electron chi connectivity index (χ2n) is 9.39. The quantitative estimate of drug-likeness (QED) is 0.429. The van der Waals surface area contributed by atoms with E-state index < -0.39 is 14.4 Å². The number of nitrogens with one attached hydrogen (secondary N) is 1. The molecule has 3 aromatic carbocycles. The summed E-state index contributed by atoms with van der Waals surface area (Å²) in [7, 11) is -2.74. The summed E-state index contributed by atoms with van der Waals surface area (Å²) in [6.45, 7) is 7.03. The molecule has 0 radical (unpaired) electrons. The molecule has 0 saturated heterocycles. The van der Waals surface area contributed by atoms with Crippen molar-refractivity contribution in [2.45, 2.75) is 44.9 Å². The van der Waals surface area contributed by atoms with E-state index in [2.05, 4.69) is 50.4 Å². The molecule has 6 heteroatoms. The van der Waals surface area contributed by atoms with E-state index in [4.69, 9.17) is 9.16 Å². The first-order valence-electron chi connectivity index (χ1n) is 11.7. The van der Waals surface area contributed by atoms with E-state index in [-0.39, 0.29) is 30.9 Å². The molecule has 180 valence electrons. The van der Waals surface area contributed by atoms with Gasteiger partial charge in [-0.15, -0.1) is 0 Å². The monoisotopic (exact) mass is 477 g/mol. The van der Waals surface area contributed by atoms with E-state index in [1.807, 2.05) is 66.7 Å². The Hall–Kier alpha value is -2.93. The summed E-state index contributed by atoms with van der Waals surface area (Å²) in [4.78, 5) is 12.5. The molecule has 1 amide bonds. The molecule has 0 heterocycles. The van der Waals surface area contributed by atoms with Gasteiger partial charge in [-0.25, -0.2) is 4.79 Å². The van der Waals surface area contributed by atoms with E-state index in [1.165, 1.54) is 10.4 Å². The van der Waals surface area contributed by atoms with Crippen molar-refractivity contribution in [1.82, 2.24) is 5.32 Å². The highest BCUT2D eigenvalue weighted by Crippen LogP contribution is 2.36. The number of alkyl carbamates (subject to hydrolysis) is 1. The zero-order valence-electron chi connectivity index (χ0n) is 20.2. The van der Waals surface area contributed by atoms with Crippen LogP contribution in [0.5, 0.6) is 0 Å². The molecule has 5 nitrogen and oxygen atoms in total. The highest BCUT2D eigenvalue weighted by Gasteiger charge is 2.50. The molecule has 0 aliphatic heterocycles. The third-order valence-corrected chi connectivity index (χ3v) is 10.9. The fourth-order valence-electron chi connectivity index (χ4n) is 4.27. The van der Waals surface area contributed by atoms with Crippen LogP contribution in [0.25, 0.3) is 0 Å². The van der Waals surface area contributed by atoms with Gasteiger partial charge in [-0.3, -0.25) is 0 Å². The van der Waals surface area contributed by atoms with Crippen LogP contribution in [0.2, 0.25) is 5.04 Å². The van der Waals surface area contributed by atoms with Gasteiger partial charge in [0.2, 0.25) is 0 Å². The zero-order chi connectivity index (χ0) is 24.4. The van der Waals surface area contributed by atoms with Crippen LogP contribution in [-0.2, 0) is 15.8 Å². The fraction of sp³-hybridized carbons (Fsp3) is 0.321. The molecular formula is C28H35NO4Si. The maximum atomic E-state index is 12.5. The maximum Gasteiger partial charge on any atom is 0.407 e. The summed E-state index contributed by atoms with van der Waals surface area (Å²) < 4.78 is 12.3. The molecule has 0 unspecified atom stereocenters. The van der Waals surface area contributed by atoms with E-state index in [0.29, 0.717) is 6.42 Å². The molecule has 0 aliphatic rings. The number of aliphatic hydroxyl groups is 1. The Morgan fingerprint density at radius 2 is 1.38 bits per heavy atom. The number of rotatable bonds is 10. The number of benzene rings is 3. The van der Waals surface area contributed by atoms with Crippen molar-refractivity contribution in [3.05, 3.63) is 96.6 Å². The van der Waals surface area contributed by atoms with Crippen LogP contribution >= 0.6 is 0 Å². The lowest BCUT2D eigenvalue weighted by Crippen LogP contribution is -2.67. The summed E-state index contributed by atoms with van der Waals surface area (Å²) in [5, 5.41) is 14.7. The molecule has 3 aromatic rings. The van der Waals surface area contributed by atoms with Crippen molar-refractivity contribution in [2.75, 3.05) is 13.2 Å². The Morgan fingerprint density at radius 1 is 0.882 bits per heavy atom. The minimum atomic E-state index is -2.74. The molecule has 1 atom stereocenters. The Labute approximate surface area is 203 Å². The summed E-state index contributed by atoms with van der Waals surface area (Å²) in [5.41, 5.74) is 0.917. The van der Waals surface area contributed by atoms with Crippen molar-refractivity contribution in [2.24, 2.45) is 0 Å². The van der Waals surface area contributed by atoms with Gasteiger partial charge >= 0.3 is 6.09 Å². The van der Waals surface area contributed by atoms with Crippen LogP contribution in [-0.4, -0.2) is 38.8 Å². The normalized spacial score (nSPS) is 12.7. The molecule has 0 bridgehead atoms. The lowest BCUT2D eigenvalue weighted by atomic mass is 10.2. The summed E-state index contributed by atoms with van der Waals surface area (Å²) in [6.07, 6.45) is -0.146. The average Bonchev–Trinajstić information content (AvgIpc) is 2.84. The first-order chi connectivity index (χ1) is 16.4.